The normalized spacial score (nSPS) is 21.2. The van der Waals surface area contributed by atoms with Crippen molar-refractivity contribution in [2.24, 2.45) is 0 Å². The molecule has 5 nitrogen and oxygen atoms in total. The van der Waals surface area contributed by atoms with E-state index in [-0.39, 0.29) is 45.1 Å². The fraction of sp³-hybridized carbons (Fsp3) is 0.941. The molecule has 0 unspecified atom stereocenters. The molecule has 0 amide bonds. The molecule has 2 aliphatic rings. The van der Waals surface area contributed by atoms with Crippen LogP contribution >= 0.6 is 0 Å². The van der Waals surface area contributed by atoms with Gasteiger partial charge in [0.1, 0.15) is 5.78 Å². The summed E-state index contributed by atoms with van der Waals surface area (Å²) in [5, 5.41) is 8.95. The van der Waals surface area contributed by atoms with Gasteiger partial charge in [-0.3, -0.25) is 19.5 Å². The SMILES string of the molecule is CC(=O)CN1CCC(N2CCN(CCO)CC2)CC1.CCC.[Y]. The largest absolute Gasteiger partial charge is 0.395 e. The van der Waals surface area contributed by atoms with Crippen molar-refractivity contribution in [3.05, 3.63) is 0 Å². The number of rotatable bonds is 5. The number of piperazine rings is 1. The fourth-order valence-electron chi connectivity index (χ4n) is 3.25. The van der Waals surface area contributed by atoms with E-state index in [2.05, 4.69) is 28.5 Å². The zero-order valence-corrected chi connectivity index (χ0v) is 18.2. The number of hydrogen-bond acceptors (Lipinski definition) is 5. The molecule has 0 saturated carbocycles. The van der Waals surface area contributed by atoms with E-state index in [0.29, 0.717) is 12.6 Å². The number of carbonyl (C=O) groups excluding carboxylic acids is 1. The Balaban J connectivity index is 0.00000112. The number of nitrogens with zero attached hydrogens (tertiary/aromatic N) is 3. The summed E-state index contributed by atoms with van der Waals surface area (Å²) < 4.78 is 0. The molecule has 23 heavy (non-hydrogen) atoms. The van der Waals surface area contributed by atoms with E-state index in [1.54, 1.807) is 6.92 Å². The van der Waals surface area contributed by atoms with Gasteiger partial charge in [-0.05, 0) is 19.8 Å². The van der Waals surface area contributed by atoms with Crippen LogP contribution < -0.4 is 0 Å². The van der Waals surface area contributed by atoms with Crippen molar-refractivity contribution in [2.45, 2.75) is 46.1 Å². The maximum absolute atomic E-state index is 11.1. The zero-order chi connectivity index (χ0) is 16.4. The third kappa shape index (κ3) is 9.61. The molecule has 0 aromatic heterocycles. The smallest absolute Gasteiger partial charge is 0.143 e. The van der Waals surface area contributed by atoms with Crippen LogP contribution in [0.2, 0.25) is 0 Å². The van der Waals surface area contributed by atoms with Crippen LogP contribution in [0.4, 0.5) is 0 Å². The first-order valence-corrected chi connectivity index (χ1v) is 8.89. The van der Waals surface area contributed by atoms with Crippen molar-refractivity contribution in [2.75, 3.05) is 59.0 Å². The van der Waals surface area contributed by atoms with E-state index in [4.69, 9.17) is 5.11 Å². The second kappa shape index (κ2) is 13.9. The van der Waals surface area contributed by atoms with Crippen LogP contribution in [0.5, 0.6) is 0 Å². The number of β-amino-alcohol motifs (C(OH)–C–C–N with tert-alkyl or cyclic N) is 1. The third-order valence-electron chi connectivity index (χ3n) is 4.34. The number of likely N-dealkylation sites (tertiary alicyclic amines) is 1. The molecule has 0 bridgehead atoms. The first kappa shape index (κ1) is 23.6. The van der Waals surface area contributed by atoms with E-state index < -0.39 is 0 Å². The zero-order valence-electron chi connectivity index (χ0n) is 15.3. The minimum Gasteiger partial charge on any atom is -0.395 e. The molecule has 1 radical (unpaired) electrons. The van der Waals surface area contributed by atoms with Crippen molar-refractivity contribution in [1.82, 2.24) is 14.7 Å². The Kier molecular flexibility index (Phi) is 14.2. The second-order valence-corrected chi connectivity index (χ2v) is 6.52. The monoisotopic (exact) mass is 402 g/mol. The second-order valence-electron chi connectivity index (χ2n) is 6.52. The number of Topliss-reactive ketones (excluding diaryl/α,β-unsaturated/α-hetero) is 1. The van der Waals surface area contributed by atoms with Crippen LogP contribution in [0.3, 0.4) is 0 Å². The van der Waals surface area contributed by atoms with Gasteiger partial charge >= 0.3 is 0 Å². The molecular weight excluding hydrogens is 367 g/mol. The number of aliphatic hydroxyl groups is 1. The molecular formula is C17H35N3O2Y. The Morgan fingerprint density at radius 3 is 1.96 bits per heavy atom. The minimum absolute atomic E-state index is 0. The minimum atomic E-state index is 0. The van der Waals surface area contributed by atoms with Gasteiger partial charge in [0.15, 0.2) is 0 Å². The molecule has 133 valence electrons. The van der Waals surface area contributed by atoms with Gasteiger partial charge in [-0.1, -0.05) is 20.3 Å². The maximum Gasteiger partial charge on any atom is 0.143 e. The maximum atomic E-state index is 11.1. The van der Waals surface area contributed by atoms with Gasteiger partial charge in [-0.25, -0.2) is 0 Å². The Hall–Kier alpha value is 0.614. The standard InChI is InChI=1S/C14H27N3O2.C3H8.Y/c1-13(19)12-16-4-2-14(3-5-16)17-8-6-15(7-9-17)10-11-18;1-3-2;/h14,18H,2-12H2,1H3;3H2,1-2H3;. The number of piperidine rings is 1. The van der Waals surface area contributed by atoms with E-state index in [1.807, 2.05) is 0 Å². The molecule has 0 aromatic rings. The molecule has 0 aliphatic carbocycles. The Morgan fingerprint density at radius 1 is 1.00 bits per heavy atom. The van der Waals surface area contributed by atoms with E-state index in [1.165, 1.54) is 19.3 Å². The van der Waals surface area contributed by atoms with E-state index in [0.717, 1.165) is 45.8 Å². The summed E-state index contributed by atoms with van der Waals surface area (Å²) in [5.41, 5.74) is 0. The molecule has 2 heterocycles. The average molecular weight is 402 g/mol. The van der Waals surface area contributed by atoms with Crippen LogP contribution in [0.15, 0.2) is 0 Å². The summed E-state index contributed by atoms with van der Waals surface area (Å²) in [7, 11) is 0. The fourth-order valence-corrected chi connectivity index (χ4v) is 3.25. The van der Waals surface area contributed by atoms with Crippen molar-refractivity contribution >= 4 is 5.78 Å². The number of hydrogen-bond donors (Lipinski definition) is 1. The van der Waals surface area contributed by atoms with Crippen molar-refractivity contribution in [1.29, 1.82) is 0 Å². The van der Waals surface area contributed by atoms with Gasteiger partial charge in [0.2, 0.25) is 0 Å². The predicted octanol–water partition coefficient (Wildman–Crippen LogP) is 1.06. The van der Waals surface area contributed by atoms with E-state index >= 15 is 0 Å². The summed E-state index contributed by atoms with van der Waals surface area (Å²) >= 11 is 0. The van der Waals surface area contributed by atoms with Crippen LogP contribution in [0.1, 0.15) is 40.0 Å². The predicted molar refractivity (Wildman–Crippen MR) is 91.2 cm³/mol. The average Bonchev–Trinajstić information content (AvgIpc) is 2.49. The summed E-state index contributed by atoms with van der Waals surface area (Å²) in [6.07, 6.45) is 3.63. The van der Waals surface area contributed by atoms with Gasteiger partial charge in [-0.15, -0.1) is 0 Å². The first-order chi connectivity index (χ1) is 10.6. The van der Waals surface area contributed by atoms with Gasteiger partial charge in [0.05, 0.1) is 13.2 Å². The molecule has 2 rings (SSSR count). The molecule has 2 aliphatic heterocycles. The number of ketones is 1. The molecule has 0 aromatic carbocycles. The van der Waals surface area contributed by atoms with Crippen molar-refractivity contribution in [3.63, 3.8) is 0 Å². The van der Waals surface area contributed by atoms with Crippen LogP contribution in [-0.2, 0) is 37.5 Å². The van der Waals surface area contributed by atoms with Crippen LogP contribution in [0.25, 0.3) is 0 Å². The van der Waals surface area contributed by atoms with Gasteiger partial charge in [-0.2, -0.15) is 0 Å². The van der Waals surface area contributed by atoms with Crippen molar-refractivity contribution in [3.8, 4) is 0 Å². The molecule has 0 atom stereocenters. The molecule has 6 heteroatoms. The molecule has 2 saturated heterocycles. The van der Waals surface area contributed by atoms with Gasteiger partial charge < -0.3 is 5.11 Å². The van der Waals surface area contributed by atoms with Crippen LogP contribution in [0, 0.1) is 0 Å². The van der Waals surface area contributed by atoms with Gasteiger partial charge in [0.25, 0.3) is 0 Å². The Bertz CT molecular complexity index is 302. The number of carbonyl (C=O) groups is 1. The topological polar surface area (TPSA) is 47.0 Å². The van der Waals surface area contributed by atoms with E-state index in [9.17, 15) is 4.79 Å². The Labute approximate surface area is 167 Å². The van der Waals surface area contributed by atoms with Gasteiger partial charge in [0, 0.05) is 84.6 Å². The number of aliphatic hydroxyl groups excluding tert-OH is 1. The molecule has 0 spiro atoms. The summed E-state index contributed by atoms with van der Waals surface area (Å²) in [4.78, 5) is 18.3. The summed E-state index contributed by atoms with van der Waals surface area (Å²) in [5.74, 6) is 0.274. The van der Waals surface area contributed by atoms with Crippen molar-refractivity contribution < 1.29 is 42.6 Å². The van der Waals surface area contributed by atoms with Crippen LogP contribution in [-0.4, -0.2) is 90.6 Å². The first-order valence-electron chi connectivity index (χ1n) is 8.89. The summed E-state index contributed by atoms with van der Waals surface area (Å²) in [6.45, 7) is 14.1. The molecule has 1 N–H and O–H groups in total. The third-order valence-corrected chi connectivity index (χ3v) is 4.34. The molecule has 2 fully saturated rings. The Morgan fingerprint density at radius 2 is 1.52 bits per heavy atom. The summed E-state index contributed by atoms with van der Waals surface area (Å²) in [6, 6.07) is 0.694. The quantitative estimate of drug-likeness (QED) is 0.746.